The highest BCUT2D eigenvalue weighted by Crippen LogP contribution is 2.18. The molecule has 2 N–H and O–H groups in total. The van der Waals surface area contributed by atoms with Crippen molar-refractivity contribution in [2.75, 3.05) is 11.9 Å². The van der Waals surface area contributed by atoms with Crippen LogP contribution in [0.15, 0.2) is 55.1 Å². The molecule has 1 aliphatic heterocycles. The Morgan fingerprint density at radius 2 is 2.00 bits per heavy atom. The summed E-state index contributed by atoms with van der Waals surface area (Å²) in [6, 6.07) is 11.0. The molecular weight excluding hydrogens is 332 g/mol. The van der Waals surface area contributed by atoms with Crippen molar-refractivity contribution in [3.8, 4) is 0 Å². The number of nitrogens with zero attached hydrogens (tertiary/aromatic N) is 4. The molecular formula is C18H18N6O2. The van der Waals surface area contributed by atoms with Crippen molar-refractivity contribution in [1.82, 2.24) is 24.6 Å². The van der Waals surface area contributed by atoms with Gasteiger partial charge in [-0.1, -0.05) is 18.2 Å². The van der Waals surface area contributed by atoms with Crippen molar-refractivity contribution in [1.29, 1.82) is 0 Å². The predicted octanol–water partition coefficient (Wildman–Crippen LogP) is 1.52. The van der Waals surface area contributed by atoms with Gasteiger partial charge in [0, 0.05) is 24.6 Å². The summed E-state index contributed by atoms with van der Waals surface area (Å²) in [5, 5.41) is 7.11. The third-order valence-electron chi connectivity index (χ3n) is 4.41. The van der Waals surface area contributed by atoms with Crippen LogP contribution in [0.3, 0.4) is 0 Å². The highest BCUT2D eigenvalue weighted by Gasteiger charge is 2.31. The number of anilines is 1. The van der Waals surface area contributed by atoms with Gasteiger partial charge in [-0.2, -0.15) is 5.10 Å². The minimum Gasteiger partial charge on any atom is -0.367 e. The molecule has 0 saturated heterocycles. The predicted molar refractivity (Wildman–Crippen MR) is 94.1 cm³/mol. The lowest BCUT2D eigenvalue weighted by atomic mass is 10.1. The molecule has 3 heterocycles. The number of benzene rings is 1. The van der Waals surface area contributed by atoms with Gasteiger partial charge >= 0.3 is 0 Å². The first-order valence-electron chi connectivity index (χ1n) is 8.35. The smallest absolute Gasteiger partial charge is 0.255 e. The number of amides is 2. The maximum absolute atomic E-state index is 12.8. The van der Waals surface area contributed by atoms with Gasteiger partial charge in [-0.05, 0) is 18.2 Å². The van der Waals surface area contributed by atoms with Crippen LogP contribution < -0.4 is 5.32 Å². The molecule has 0 bridgehead atoms. The summed E-state index contributed by atoms with van der Waals surface area (Å²) in [4.78, 5) is 34.3. The molecule has 8 nitrogen and oxygen atoms in total. The number of rotatable bonds is 3. The number of nitrogens with one attached hydrogen (secondary N) is 2. The highest BCUT2D eigenvalue weighted by molar-refractivity contribution is 5.96. The van der Waals surface area contributed by atoms with E-state index in [1.54, 1.807) is 28.0 Å². The van der Waals surface area contributed by atoms with Crippen molar-refractivity contribution < 1.29 is 9.59 Å². The second-order valence-corrected chi connectivity index (χ2v) is 6.20. The molecule has 1 unspecified atom stereocenters. The van der Waals surface area contributed by atoms with Gasteiger partial charge in [0.2, 0.25) is 5.91 Å². The zero-order valence-corrected chi connectivity index (χ0v) is 14.0. The van der Waals surface area contributed by atoms with Crippen LogP contribution in [0.2, 0.25) is 0 Å². The van der Waals surface area contributed by atoms with Crippen LogP contribution in [0.25, 0.3) is 0 Å². The zero-order valence-electron chi connectivity index (χ0n) is 14.0. The van der Waals surface area contributed by atoms with Crippen LogP contribution in [0.5, 0.6) is 0 Å². The van der Waals surface area contributed by atoms with Crippen molar-refractivity contribution in [2.45, 2.75) is 13.1 Å². The molecule has 1 aromatic carbocycles. The summed E-state index contributed by atoms with van der Waals surface area (Å²) in [6.45, 7) is 0.998. The van der Waals surface area contributed by atoms with E-state index in [9.17, 15) is 9.59 Å². The number of fused-ring (bicyclic) bond motifs is 1. The Morgan fingerprint density at radius 3 is 2.77 bits per heavy atom. The Kier molecular flexibility index (Phi) is 4.22. The number of hydrogen-bond donors (Lipinski definition) is 2. The maximum Gasteiger partial charge on any atom is 0.255 e. The number of H-pyrrole nitrogens is 1. The van der Waals surface area contributed by atoms with Crippen LogP contribution in [0.1, 0.15) is 16.2 Å². The molecule has 1 atom stereocenters. The molecule has 0 radical (unpaired) electrons. The third kappa shape index (κ3) is 3.21. The first kappa shape index (κ1) is 16.1. The number of carbonyl (C=O) groups is 2. The topological polar surface area (TPSA) is 95.9 Å². The van der Waals surface area contributed by atoms with Crippen molar-refractivity contribution in [2.24, 2.45) is 5.92 Å². The fourth-order valence-electron chi connectivity index (χ4n) is 3.06. The fourth-order valence-corrected chi connectivity index (χ4v) is 3.06. The van der Waals surface area contributed by atoms with Gasteiger partial charge in [0.15, 0.2) is 0 Å². The fraction of sp³-hybridized carbons (Fsp3) is 0.222. The Balaban J connectivity index is 1.58. The van der Waals surface area contributed by atoms with Crippen molar-refractivity contribution in [3.05, 3.63) is 66.5 Å². The monoisotopic (exact) mass is 350 g/mol. The molecule has 0 saturated carbocycles. The molecule has 0 fully saturated rings. The van der Waals surface area contributed by atoms with Gasteiger partial charge < -0.3 is 15.2 Å². The molecule has 3 aromatic rings. The van der Waals surface area contributed by atoms with E-state index in [2.05, 4.69) is 20.4 Å². The lowest BCUT2D eigenvalue weighted by Gasteiger charge is -2.23. The van der Waals surface area contributed by atoms with E-state index in [4.69, 9.17) is 0 Å². The molecule has 26 heavy (non-hydrogen) atoms. The van der Waals surface area contributed by atoms with E-state index in [0.29, 0.717) is 31.0 Å². The third-order valence-corrected chi connectivity index (χ3v) is 4.41. The lowest BCUT2D eigenvalue weighted by Crippen LogP contribution is -2.38. The zero-order chi connectivity index (χ0) is 17.9. The summed E-state index contributed by atoms with van der Waals surface area (Å²) >= 11 is 0. The van der Waals surface area contributed by atoms with E-state index in [-0.39, 0.29) is 11.8 Å². The Morgan fingerprint density at radius 1 is 1.15 bits per heavy atom. The maximum atomic E-state index is 12.8. The second kappa shape index (κ2) is 6.83. The Bertz CT molecular complexity index is 903. The number of carbonyl (C=O) groups excluding carboxylic acids is 2. The molecule has 2 amide bonds. The Hall–Kier alpha value is -3.42. The molecule has 0 spiro atoms. The van der Waals surface area contributed by atoms with Gasteiger partial charge in [-0.25, -0.2) is 9.67 Å². The minimum absolute atomic E-state index is 0.139. The number of hydrogen-bond acceptors (Lipinski definition) is 4. The quantitative estimate of drug-likeness (QED) is 0.748. The Labute approximate surface area is 149 Å². The average molecular weight is 350 g/mol. The largest absolute Gasteiger partial charge is 0.367 e. The highest BCUT2D eigenvalue weighted by atomic mass is 16.2. The average Bonchev–Trinajstić information content (AvgIpc) is 3.30. The van der Waals surface area contributed by atoms with Crippen LogP contribution in [0, 0.1) is 5.92 Å². The SMILES string of the molecule is O=C(Nc1ccccc1)C1CN(C(=O)c2cc[nH]c2)Cc2ncnn2C1. The molecule has 2 aromatic heterocycles. The van der Waals surface area contributed by atoms with E-state index in [1.807, 2.05) is 30.3 Å². The van der Waals surface area contributed by atoms with Crippen molar-refractivity contribution >= 4 is 17.5 Å². The van der Waals surface area contributed by atoms with Gasteiger partial charge in [0.1, 0.15) is 12.2 Å². The minimum atomic E-state index is -0.430. The lowest BCUT2D eigenvalue weighted by molar-refractivity contribution is -0.120. The summed E-state index contributed by atoms with van der Waals surface area (Å²) in [5.41, 5.74) is 1.28. The first-order chi connectivity index (χ1) is 12.7. The van der Waals surface area contributed by atoms with Gasteiger partial charge in [0.25, 0.3) is 5.91 Å². The van der Waals surface area contributed by atoms with Crippen LogP contribution >= 0.6 is 0 Å². The van der Waals surface area contributed by atoms with E-state index >= 15 is 0 Å². The van der Waals surface area contributed by atoms with Gasteiger partial charge in [0.05, 0.1) is 24.6 Å². The van der Waals surface area contributed by atoms with E-state index in [0.717, 1.165) is 5.69 Å². The first-order valence-corrected chi connectivity index (χ1v) is 8.35. The van der Waals surface area contributed by atoms with Gasteiger partial charge in [-0.15, -0.1) is 0 Å². The van der Waals surface area contributed by atoms with E-state index < -0.39 is 5.92 Å². The van der Waals surface area contributed by atoms with E-state index in [1.165, 1.54) is 6.33 Å². The molecule has 0 aliphatic carbocycles. The van der Waals surface area contributed by atoms with Crippen LogP contribution in [0.4, 0.5) is 5.69 Å². The molecule has 4 rings (SSSR count). The van der Waals surface area contributed by atoms with Crippen LogP contribution in [-0.4, -0.2) is 43.0 Å². The van der Waals surface area contributed by atoms with Crippen LogP contribution in [-0.2, 0) is 17.9 Å². The summed E-state index contributed by atoms with van der Waals surface area (Å²) in [5.74, 6) is -0.0448. The molecule has 1 aliphatic rings. The summed E-state index contributed by atoms with van der Waals surface area (Å²) in [7, 11) is 0. The summed E-state index contributed by atoms with van der Waals surface area (Å²) < 4.78 is 1.69. The normalized spacial score (nSPS) is 16.6. The summed E-state index contributed by atoms with van der Waals surface area (Å²) in [6.07, 6.45) is 4.80. The van der Waals surface area contributed by atoms with Crippen molar-refractivity contribution in [3.63, 3.8) is 0 Å². The molecule has 132 valence electrons. The number of aromatic nitrogens is 4. The standard InChI is InChI=1S/C18H18N6O2/c25-17(22-15-4-2-1-3-5-15)14-9-23(18(26)13-6-7-19-8-13)11-16-20-12-21-24(16)10-14/h1-8,12,14,19H,9-11H2,(H,22,25). The molecule has 8 heteroatoms. The van der Waals surface area contributed by atoms with Gasteiger partial charge in [-0.3, -0.25) is 9.59 Å². The number of para-hydroxylation sites is 1. The number of aromatic amines is 1. The second-order valence-electron chi connectivity index (χ2n) is 6.20.